The Morgan fingerprint density at radius 3 is 2.35 bits per heavy atom. The fraction of sp³-hybridized carbons (Fsp3) is 0.667. The van der Waals surface area contributed by atoms with E-state index < -0.39 is 0 Å². The van der Waals surface area contributed by atoms with Crippen LogP contribution in [0.5, 0.6) is 0 Å². The summed E-state index contributed by atoms with van der Waals surface area (Å²) < 4.78 is 0.425. The third-order valence-corrected chi connectivity index (χ3v) is 5.32. The van der Waals surface area contributed by atoms with Gasteiger partial charge in [-0.3, -0.25) is 4.90 Å². The molecule has 0 saturated carbocycles. The summed E-state index contributed by atoms with van der Waals surface area (Å²) in [6, 6.07) is 10.9. The minimum absolute atomic E-state index is 0.425. The minimum atomic E-state index is 0.425. The van der Waals surface area contributed by atoms with Gasteiger partial charge < -0.3 is 0 Å². The molecule has 0 aliphatic carbocycles. The van der Waals surface area contributed by atoms with Crippen LogP contribution < -0.4 is 0 Å². The number of nitrogens with zero attached hydrogens (tertiary/aromatic N) is 1. The normalized spacial score (nSPS) is 18.4. The van der Waals surface area contributed by atoms with E-state index in [0.29, 0.717) is 4.75 Å². The molecule has 0 bridgehead atoms. The summed E-state index contributed by atoms with van der Waals surface area (Å²) in [4.78, 5) is 2.61. The standard InChI is InChI=1S/C18H29NS/c1-18(2,3)20-14-11-16-9-12-19(13-10-16)15-17-7-5-4-6-8-17/h4-8,16H,9-15H2,1-3H3. The second kappa shape index (κ2) is 7.51. The van der Waals surface area contributed by atoms with Gasteiger partial charge in [-0.25, -0.2) is 0 Å². The molecule has 0 aromatic heterocycles. The van der Waals surface area contributed by atoms with E-state index in [0.717, 1.165) is 12.5 Å². The lowest BCUT2D eigenvalue weighted by atomic mass is 9.94. The Labute approximate surface area is 129 Å². The Morgan fingerprint density at radius 2 is 1.75 bits per heavy atom. The lowest BCUT2D eigenvalue weighted by Crippen LogP contribution is -2.33. The number of benzene rings is 1. The lowest BCUT2D eigenvalue weighted by Gasteiger charge is -2.32. The number of thioether (sulfide) groups is 1. The van der Waals surface area contributed by atoms with E-state index in [9.17, 15) is 0 Å². The molecule has 1 heterocycles. The minimum Gasteiger partial charge on any atom is -0.299 e. The largest absolute Gasteiger partial charge is 0.299 e. The van der Waals surface area contributed by atoms with E-state index >= 15 is 0 Å². The number of rotatable bonds is 5. The van der Waals surface area contributed by atoms with E-state index in [4.69, 9.17) is 0 Å². The highest BCUT2D eigenvalue weighted by molar-refractivity contribution is 8.00. The smallest absolute Gasteiger partial charge is 0.0233 e. The zero-order valence-electron chi connectivity index (χ0n) is 13.3. The maximum atomic E-state index is 2.61. The summed E-state index contributed by atoms with van der Waals surface area (Å²) in [5, 5.41) is 0. The highest BCUT2D eigenvalue weighted by Crippen LogP contribution is 2.28. The molecule has 20 heavy (non-hydrogen) atoms. The van der Waals surface area contributed by atoms with Crippen molar-refractivity contribution in [1.29, 1.82) is 0 Å². The molecule has 1 aromatic carbocycles. The van der Waals surface area contributed by atoms with Crippen LogP contribution >= 0.6 is 11.8 Å². The van der Waals surface area contributed by atoms with E-state index in [-0.39, 0.29) is 0 Å². The Kier molecular flexibility index (Phi) is 5.98. The number of piperidine rings is 1. The Hall–Kier alpha value is -0.470. The van der Waals surface area contributed by atoms with Crippen LogP contribution in [0.15, 0.2) is 30.3 Å². The zero-order valence-corrected chi connectivity index (χ0v) is 14.1. The molecular weight excluding hydrogens is 262 g/mol. The quantitative estimate of drug-likeness (QED) is 0.765. The van der Waals surface area contributed by atoms with Crippen molar-refractivity contribution in [2.75, 3.05) is 18.8 Å². The second-order valence-electron chi connectivity index (χ2n) is 6.95. The maximum Gasteiger partial charge on any atom is 0.0233 e. The van der Waals surface area contributed by atoms with Crippen LogP contribution in [0.3, 0.4) is 0 Å². The summed E-state index contributed by atoms with van der Waals surface area (Å²) in [5.74, 6) is 2.28. The van der Waals surface area contributed by atoms with Crippen LogP contribution in [0.1, 0.15) is 45.6 Å². The van der Waals surface area contributed by atoms with Crippen LogP contribution in [0.4, 0.5) is 0 Å². The molecule has 0 unspecified atom stereocenters. The van der Waals surface area contributed by atoms with Gasteiger partial charge in [-0.1, -0.05) is 51.1 Å². The predicted molar refractivity (Wildman–Crippen MR) is 91.3 cm³/mol. The molecule has 0 radical (unpaired) electrons. The lowest BCUT2D eigenvalue weighted by molar-refractivity contribution is 0.175. The summed E-state index contributed by atoms with van der Waals surface area (Å²) in [6.45, 7) is 10.6. The van der Waals surface area contributed by atoms with Gasteiger partial charge in [0.25, 0.3) is 0 Å². The number of hydrogen-bond acceptors (Lipinski definition) is 2. The van der Waals surface area contributed by atoms with Crippen LogP contribution in [0.2, 0.25) is 0 Å². The molecule has 112 valence electrons. The van der Waals surface area contributed by atoms with Crippen LogP contribution in [0, 0.1) is 5.92 Å². The van der Waals surface area contributed by atoms with Crippen molar-refractivity contribution in [1.82, 2.24) is 4.90 Å². The first-order valence-electron chi connectivity index (χ1n) is 7.93. The van der Waals surface area contributed by atoms with Crippen LogP contribution in [0.25, 0.3) is 0 Å². The van der Waals surface area contributed by atoms with Gasteiger partial charge in [-0.15, -0.1) is 0 Å². The molecule has 1 aliphatic rings. The molecule has 0 N–H and O–H groups in total. The van der Waals surface area contributed by atoms with Gasteiger partial charge in [0.15, 0.2) is 0 Å². The SMILES string of the molecule is CC(C)(C)SCCC1CCN(Cc2ccccc2)CC1. The van der Waals surface area contributed by atoms with Crippen molar-refractivity contribution in [3.63, 3.8) is 0 Å². The average molecular weight is 292 g/mol. The van der Waals surface area contributed by atoms with Crippen LogP contribution in [-0.2, 0) is 6.54 Å². The van der Waals surface area contributed by atoms with Crippen molar-refractivity contribution in [2.24, 2.45) is 5.92 Å². The van der Waals surface area contributed by atoms with Gasteiger partial charge in [0.2, 0.25) is 0 Å². The van der Waals surface area contributed by atoms with Crippen LogP contribution in [-0.4, -0.2) is 28.5 Å². The molecule has 1 aromatic rings. The number of hydrogen-bond donors (Lipinski definition) is 0. The van der Waals surface area contributed by atoms with Gasteiger partial charge in [0, 0.05) is 11.3 Å². The van der Waals surface area contributed by atoms with Gasteiger partial charge >= 0.3 is 0 Å². The monoisotopic (exact) mass is 291 g/mol. The number of likely N-dealkylation sites (tertiary alicyclic amines) is 1. The summed E-state index contributed by atoms with van der Waals surface area (Å²) in [6.07, 6.45) is 4.18. The topological polar surface area (TPSA) is 3.24 Å². The molecule has 0 atom stereocenters. The highest BCUT2D eigenvalue weighted by Gasteiger charge is 2.20. The first-order valence-corrected chi connectivity index (χ1v) is 8.92. The van der Waals surface area contributed by atoms with Crippen molar-refractivity contribution < 1.29 is 0 Å². The Morgan fingerprint density at radius 1 is 1.10 bits per heavy atom. The van der Waals surface area contributed by atoms with Gasteiger partial charge in [0.05, 0.1) is 0 Å². The summed E-state index contributed by atoms with van der Waals surface area (Å²) in [5.41, 5.74) is 1.45. The first kappa shape index (κ1) is 15.9. The molecule has 1 nitrogen and oxygen atoms in total. The van der Waals surface area contributed by atoms with Crippen molar-refractivity contribution in [3.05, 3.63) is 35.9 Å². The fourth-order valence-electron chi connectivity index (χ4n) is 2.81. The fourth-order valence-corrected chi connectivity index (χ4v) is 3.87. The molecule has 2 heteroatoms. The van der Waals surface area contributed by atoms with Crippen molar-refractivity contribution in [2.45, 2.75) is 51.3 Å². The van der Waals surface area contributed by atoms with Gasteiger partial charge in [-0.05, 0) is 49.6 Å². The Bertz CT molecular complexity index is 374. The van der Waals surface area contributed by atoms with Crippen molar-refractivity contribution >= 4 is 11.8 Å². The van der Waals surface area contributed by atoms with E-state index in [1.165, 1.54) is 43.7 Å². The second-order valence-corrected chi connectivity index (χ2v) is 8.88. The van der Waals surface area contributed by atoms with Gasteiger partial charge in [0.1, 0.15) is 0 Å². The summed E-state index contributed by atoms with van der Waals surface area (Å²) >= 11 is 2.12. The van der Waals surface area contributed by atoms with E-state index in [1.54, 1.807) is 0 Å². The molecular formula is C18H29NS. The Balaban J connectivity index is 1.65. The average Bonchev–Trinajstić information content (AvgIpc) is 2.41. The van der Waals surface area contributed by atoms with E-state index in [1.807, 2.05) is 0 Å². The van der Waals surface area contributed by atoms with Crippen molar-refractivity contribution in [3.8, 4) is 0 Å². The molecule has 0 spiro atoms. The first-order chi connectivity index (χ1) is 9.53. The molecule has 0 amide bonds. The molecule has 1 aliphatic heterocycles. The predicted octanol–water partition coefficient (Wildman–Crippen LogP) is 4.82. The van der Waals surface area contributed by atoms with Gasteiger partial charge in [-0.2, -0.15) is 11.8 Å². The summed E-state index contributed by atoms with van der Waals surface area (Å²) in [7, 11) is 0. The molecule has 1 saturated heterocycles. The molecule has 1 fully saturated rings. The molecule has 2 rings (SSSR count). The highest BCUT2D eigenvalue weighted by atomic mass is 32.2. The maximum absolute atomic E-state index is 2.61. The third-order valence-electron chi connectivity index (χ3n) is 4.02. The van der Waals surface area contributed by atoms with E-state index in [2.05, 4.69) is 67.8 Å². The zero-order chi connectivity index (χ0) is 14.4. The third kappa shape index (κ3) is 5.88.